The highest BCUT2D eigenvalue weighted by Gasteiger charge is 2.21. The molecule has 0 saturated heterocycles. The van der Waals surface area contributed by atoms with Crippen LogP contribution in [0.5, 0.6) is 0 Å². The first-order chi connectivity index (χ1) is 18.2. The molecular weight excluding hydrogens is 700 g/mol. The van der Waals surface area contributed by atoms with Gasteiger partial charge in [0.25, 0.3) is 0 Å². The Kier molecular flexibility index (Phi) is 16.4. The van der Waals surface area contributed by atoms with Crippen molar-refractivity contribution in [2.45, 2.75) is 37.8 Å². The molecule has 0 bridgehead atoms. The van der Waals surface area contributed by atoms with Gasteiger partial charge in [-0.15, -0.1) is 22.7 Å². The number of hydrogen-bond donors (Lipinski definition) is 2. The number of esters is 2. The van der Waals surface area contributed by atoms with Crippen LogP contribution in [0.2, 0.25) is 0 Å². The number of methoxy groups -OCH3 is 2. The number of nitrogens with one attached hydrogen (secondary N) is 2. The summed E-state index contributed by atoms with van der Waals surface area (Å²) in [6, 6.07) is 6.25. The van der Waals surface area contributed by atoms with Crippen LogP contribution in [0.25, 0.3) is 0 Å². The van der Waals surface area contributed by atoms with E-state index >= 15 is 0 Å². The monoisotopic (exact) mass is 728 g/mol. The lowest BCUT2D eigenvalue weighted by atomic mass is 10.2. The van der Waals surface area contributed by atoms with Crippen LogP contribution in [0.1, 0.15) is 45.0 Å². The van der Waals surface area contributed by atoms with Crippen LogP contribution in [0.4, 0.5) is 0 Å². The number of rotatable bonds is 19. The van der Waals surface area contributed by atoms with E-state index in [0.29, 0.717) is 60.0 Å². The maximum Gasteiger partial charge on any atom is 0.322 e. The molecule has 8 nitrogen and oxygen atoms in total. The zero-order valence-corrected chi connectivity index (χ0v) is 27.4. The zero-order valence-electron chi connectivity index (χ0n) is 21.0. The number of ether oxygens (including phenoxy) is 2. The Morgan fingerprint density at radius 2 is 1.16 bits per heavy atom. The highest BCUT2D eigenvalue weighted by atomic mass is 79.9. The quantitative estimate of drug-likeness (QED) is 0.0821. The molecule has 0 amide bonds. The van der Waals surface area contributed by atoms with Crippen LogP contribution in [0.15, 0.2) is 31.8 Å². The molecule has 2 unspecified atom stereocenters. The number of thiophene rings is 2. The fourth-order valence-corrected chi connectivity index (χ4v) is 8.13. The molecular formula is C24H30Br2N2O6S4. The molecule has 2 N–H and O–H groups in total. The van der Waals surface area contributed by atoms with Gasteiger partial charge >= 0.3 is 11.9 Å². The van der Waals surface area contributed by atoms with Crippen molar-refractivity contribution in [3.05, 3.63) is 41.6 Å². The summed E-state index contributed by atoms with van der Waals surface area (Å²) in [6.07, 6.45) is 1.67. The van der Waals surface area contributed by atoms with Crippen molar-refractivity contribution in [3.8, 4) is 0 Å². The standard InChI is InChI=1S/C24H30Br2N2O6S4/c1-33-23(31)15(27-11-7-17(29)19-3-5-21(25)37-19)9-13-35-36-14-10-16(24(32)34-2)28-12-8-18(30)20-4-6-22(26)38-20/h3-6,15-16,27-28H,7-14H2,1-2H3. The Bertz CT molecular complexity index is 982. The molecule has 38 heavy (non-hydrogen) atoms. The average Bonchev–Trinajstić information content (AvgIpc) is 3.55. The largest absolute Gasteiger partial charge is 0.468 e. The molecule has 2 rings (SSSR count). The van der Waals surface area contributed by atoms with E-state index in [2.05, 4.69) is 42.5 Å². The number of Topliss-reactive ketones (excluding diaryl/α,β-unsaturated/α-hetero) is 2. The minimum atomic E-state index is -0.498. The normalized spacial score (nSPS) is 12.6. The molecule has 0 spiro atoms. The summed E-state index contributed by atoms with van der Waals surface area (Å²) in [5.74, 6) is 0.705. The Morgan fingerprint density at radius 1 is 0.763 bits per heavy atom. The van der Waals surface area contributed by atoms with Crippen molar-refractivity contribution in [1.82, 2.24) is 10.6 Å². The van der Waals surface area contributed by atoms with E-state index in [9.17, 15) is 19.2 Å². The number of hydrogen-bond acceptors (Lipinski definition) is 12. The summed E-state index contributed by atoms with van der Waals surface area (Å²) >= 11 is 9.49. The van der Waals surface area contributed by atoms with Gasteiger partial charge in [0.1, 0.15) is 12.1 Å². The number of ketones is 2. The minimum absolute atomic E-state index is 0.0273. The third kappa shape index (κ3) is 12.2. The molecule has 0 saturated carbocycles. The molecule has 0 aliphatic heterocycles. The Morgan fingerprint density at radius 3 is 1.47 bits per heavy atom. The number of halogens is 2. The number of carbonyl (C=O) groups excluding carboxylic acids is 4. The second-order valence-electron chi connectivity index (χ2n) is 7.83. The molecule has 0 aliphatic carbocycles. The molecule has 0 radical (unpaired) electrons. The van der Waals surface area contributed by atoms with Crippen molar-refractivity contribution in [2.24, 2.45) is 0 Å². The van der Waals surface area contributed by atoms with Crippen molar-refractivity contribution in [1.29, 1.82) is 0 Å². The van der Waals surface area contributed by atoms with Gasteiger partial charge in [0.05, 0.1) is 31.5 Å². The van der Waals surface area contributed by atoms with Gasteiger partial charge in [0.15, 0.2) is 11.6 Å². The summed E-state index contributed by atoms with van der Waals surface area (Å²) in [7, 11) is 5.89. The second-order valence-corrected chi connectivity index (χ2v) is 15.5. The van der Waals surface area contributed by atoms with Crippen molar-refractivity contribution >= 4 is 99.6 Å². The molecule has 0 aliphatic rings. The van der Waals surface area contributed by atoms with Gasteiger partial charge in [-0.25, -0.2) is 0 Å². The van der Waals surface area contributed by atoms with Gasteiger partial charge in [0.2, 0.25) is 0 Å². The lowest BCUT2D eigenvalue weighted by Crippen LogP contribution is -2.39. The summed E-state index contributed by atoms with van der Waals surface area (Å²) in [5.41, 5.74) is 0. The van der Waals surface area contributed by atoms with Crippen LogP contribution in [0, 0.1) is 0 Å². The lowest BCUT2D eigenvalue weighted by Gasteiger charge is -2.17. The van der Waals surface area contributed by atoms with E-state index in [1.54, 1.807) is 33.7 Å². The van der Waals surface area contributed by atoms with Crippen LogP contribution < -0.4 is 10.6 Å². The first-order valence-electron chi connectivity index (χ1n) is 11.7. The molecule has 0 fully saturated rings. The SMILES string of the molecule is COC(=O)C(CCSSCCC(NCCC(=O)c1ccc(Br)s1)C(=O)OC)NCCC(=O)c1ccc(Br)s1. The van der Waals surface area contributed by atoms with Crippen LogP contribution in [0.3, 0.4) is 0 Å². The Balaban J connectivity index is 1.66. The molecule has 2 aromatic rings. The number of carbonyl (C=O) groups is 4. The van der Waals surface area contributed by atoms with Gasteiger partial charge < -0.3 is 20.1 Å². The van der Waals surface area contributed by atoms with Crippen molar-refractivity contribution in [2.75, 3.05) is 38.8 Å². The Hall–Kier alpha value is -0.740. The van der Waals surface area contributed by atoms with E-state index in [1.807, 2.05) is 12.1 Å². The molecule has 2 atom stereocenters. The highest BCUT2D eigenvalue weighted by molar-refractivity contribution is 9.11. The van der Waals surface area contributed by atoms with Gasteiger partial charge in [-0.3, -0.25) is 19.2 Å². The van der Waals surface area contributed by atoms with E-state index in [1.165, 1.54) is 36.9 Å². The van der Waals surface area contributed by atoms with E-state index < -0.39 is 12.1 Å². The maximum absolute atomic E-state index is 12.3. The van der Waals surface area contributed by atoms with Gasteiger partial charge in [-0.05, 0) is 69.0 Å². The van der Waals surface area contributed by atoms with Crippen LogP contribution >= 0.6 is 76.1 Å². The van der Waals surface area contributed by atoms with E-state index in [4.69, 9.17) is 9.47 Å². The lowest BCUT2D eigenvalue weighted by molar-refractivity contribution is -0.144. The van der Waals surface area contributed by atoms with Gasteiger partial charge in [-0.2, -0.15) is 0 Å². The first-order valence-corrected chi connectivity index (χ1v) is 17.4. The second kappa shape index (κ2) is 18.6. The smallest absolute Gasteiger partial charge is 0.322 e. The topological polar surface area (TPSA) is 111 Å². The van der Waals surface area contributed by atoms with E-state index in [0.717, 1.165) is 7.57 Å². The summed E-state index contributed by atoms with van der Waals surface area (Å²) in [4.78, 5) is 50.2. The van der Waals surface area contributed by atoms with Gasteiger partial charge in [0, 0.05) is 37.4 Å². The van der Waals surface area contributed by atoms with Crippen LogP contribution in [-0.4, -0.2) is 74.4 Å². The third-order valence-electron chi connectivity index (χ3n) is 5.22. The molecule has 2 aromatic heterocycles. The maximum atomic E-state index is 12.3. The van der Waals surface area contributed by atoms with Gasteiger partial charge in [-0.1, -0.05) is 21.6 Å². The predicted molar refractivity (Wildman–Crippen MR) is 164 cm³/mol. The fraction of sp³-hybridized carbons (Fsp3) is 0.500. The molecule has 210 valence electrons. The fourth-order valence-electron chi connectivity index (χ4n) is 3.24. The van der Waals surface area contributed by atoms with Crippen LogP contribution in [-0.2, 0) is 19.1 Å². The molecule has 2 heterocycles. The third-order valence-corrected chi connectivity index (χ3v) is 11.0. The Labute approximate surface area is 255 Å². The summed E-state index contributed by atoms with van der Waals surface area (Å²) < 4.78 is 11.6. The first kappa shape index (κ1) is 33.5. The molecule has 0 aromatic carbocycles. The predicted octanol–water partition coefficient (Wildman–Crippen LogP) is 5.60. The molecule has 14 heteroatoms. The van der Waals surface area contributed by atoms with Crippen molar-refractivity contribution < 1.29 is 28.7 Å². The summed E-state index contributed by atoms with van der Waals surface area (Å²) in [5, 5.41) is 6.26. The van der Waals surface area contributed by atoms with Crippen molar-refractivity contribution in [3.63, 3.8) is 0 Å². The average molecular weight is 731 g/mol. The zero-order chi connectivity index (χ0) is 27.9. The van der Waals surface area contributed by atoms with E-state index in [-0.39, 0.29) is 23.5 Å². The minimum Gasteiger partial charge on any atom is -0.468 e. The summed E-state index contributed by atoms with van der Waals surface area (Å²) in [6.45, 7) is 0.759. The highest BCUT2D eigenvalue weighted by Crippen LogP contribution is 2.25.